The molecule has 0 aliphatic carbocycles. The highest BCUT2D eigenvalue weighted by molar-refractivity contribution is 7.89. The zero-order valence-electron chi connectivity index (χ0n) is 18.1. The number of rotatable bonds is 7. The molecule has 8 heteroatoms. The zero-order chi connectivity index (χ0) is 22.4. The van der Waals surface area contributed by atoms with E-state index in [4.69, 9.17) is 9.47 Å². The van der Waals surface area contributed by atoms with Crippen LogP contribution < -0.4 is 14.8 Å². The van der Waals surface area contributed by atoms with Gasteiger partial charge in [-0.05, 0) is 61.2 Å². The first-order chi connectivity index (χ1) is 14.8. The summed E-state index contributed by atoms with van der Waals surface area (Å²) in [6.07, 6.45) is 5.83. The minimum absolute atomic E-state index is 0.232. The third kappa shape index (κ3) is 5.45. The van der Waals surface area contributed by atoms with E-state index in [1.165, 1.54) is 16.4 Å². The van der Waals surface area contributed by atoms with Gasteiger partial charge < -0.3 is 14.8 Å². The summed E-state index contributed by atoms with van der Waals surface area (Å²) in [6, 6.07) is 10.3. The number of nitrogens with zero attached hydrogens (tertiary/aromatic N) is 1. The van der Waals surface area contributed by atoms with Gasteiger partial charge in [0.2, 0.25) is 15.9 Å². The summed E-state index contributed by atoms with van der Waals surface area (Å²) in [7, 11) is -0.478. The monoisotopic (exact) mass is 444 g/mol. The predicted molar refractivity (Wildman–Crippen MR) is 121 cm³/mol. The number of carbonyl (C=O) groups excluding carboxylic acids is 1. The van der Waals surface area contributed by atoms with E-state index >= 15 is 0 Å². The van der Waals surface area contributed by atoms with Crippen molar-refractivity contribution in [3.05, 3.63) is 53.6 Å². The predicted octanol–water partition coefficient (Wildman–Crippen LogP) is 3.84. The Kier molecular flexibility index (Phi) is 7.35. The summed E-state index contributed by atoms with van der Waals surface area (Å²) in [6.45, 7) is 2.83. The number of benzene rings is 2. The first-order valence-corrected chi connectivity index (χ1v) is 11.6. The molecule has 1 amide bonds. The van der Waals surface area contributed by atoms with Crippen LogP contribution in [0.3, 0.4) is 0 Å². The molecule has 1 N–H and O–H groups in total. The van der Waals surface area contributed by atoms with E-state index in [-0.39, 0.29) is 10.8 Å². The molecule has 31 heavy (non-hydrogen) atoms. The molecule has 0 radical (unpaired) electrons. The largest absolute Gasteiger partial charge is 0.493 e. The molecule has 2 aromatic rings. The van der Waals surface area contributed by atoms with E-state index < -0.39 is 10.0 Å². The van der Waals surface area contributed by atoms with Crippen LogP contribution in [0.25, 0.3) is 6.08 Å². The summed E-state index contributed by atoms with van der Waals surface area (Å²) in [5, 5.41) is 2.74. The molecule has 1 heterocycles. The molecule has 1 aliphatic heterocycles. The summed E-state index contributed by atoms with van der Waals surface area (Å²) in [5.41, 5.74) is 1.86. The number of aryl methyl sites for hydroxylation is 1. The number of sulfonamides is 1. The molecule has 166 valence electrons. The van der Waals surface area contributed by atoms with Crippen molar-refractivity contribution in [2.45, 2.75) is 31.1 Å². The van der Waals surface area contributed by atoms with Crippen molar-refractivity contribution in [1.82, 2.24) is 4.31 Å². The van der Waals surface area contributed by atoms with Gasteiger partial charge in [0.15, 0.2) is 11.5 Å². The second kappa shape index (κ2) is 9.98. The van der Waals surface area contributed by atoms with Crippen molar-refractivity contribution in [3.8, 4) is 11.5 Å². The Morgan fingerprint density at radius 3 is 2.39 bits per heavy atom. The third-order valence-corrected chi connectivity index (χ3v) is 7.26. The number of nitrogens with one attached hydrogen (secondary N) is 1. The summed E-state index contributed by atoms with van der Waals surface area (Å²) in [5.74, 6) is 0.808. The fraction of sp³-hybridized carbons (Fsp3) is 0.348. The Labute approximate surface area is 183 Å². The molecule has 0 bridgehead atoms. The molecule has 0 aromatic heterocycles. The SMILES string of the molecule is COc1ccc(/C=C/C(=O)Nc2ccc(C)c(S(=O)(=O)N3CCCCC3)c2)cc1OC. The van der Waals surface area contributed by atoms with Crippen LogP contribution in [0.15, 0.2) is 47.4 Å². The number of hydrogen-bond donors (Lipinski definition) is 1. The van der Waals surface area contributed by atoms with Crippen molar-refractivity contribution in [3.63, 3.8) is 0 Å². The van der Waals surface area contributed by atoms with Crippen LogP contribution in [0.1, 0.15) is 30.4 Å². The highest BCUT2D eigenvalue weighted by Gasteiger charge is 2.27. The summed E-state index contributed by atoms with van der Waals surface area (Å²) >= 11 is 0. The van der Waals surface area contributed by atoms with Gasteiger partial charge in [0.1, 0.15) is 0 Å². The van der Waals surface area contributed by atoms with Crippen molar-refractivity contribution in [2.24, 2.45) is 0 Å². The quantitative estimate of drug-likeness (QED) is 0.656. The number of methoxy groups -OCH3 is 2. The van der Waals surface area contributed by atoms with E-state index in [1.54, 1.807) is 57.6 Å². The maximum Gasteiger partial charge on any atom is 0.248 e. The molecule has 1 saturated heterocycles. The van der Waals surface area contributed by atoms with Gasteiger partial charge in [0, 0.05) is 24.9 Å². The van der Waals surface area contributed by atoms with Gasteiger partial charge in [-0.25, -0.2) is 8.42 Å². The van der Waals surface area contributed by atoms with Crippen LogP contribution in [0, 0.1) is 6.92 Å². The van der Waals surface area contributed by atoms with Crippen LogP contribution >= 0.6 is 0 Å². The number of hydrogen-bond acceptors (Lipinski definition) is 5. The molecule has 0 spiro atoms. The van der Waals surface area contributed by atoms with Gasteiger partial charge >= 0.3 is 0 Å². The number of amides is 1. The van der Waals surface area contributed by atoms with Gasteiger partial charge in [-0.3, -0.25) is 4.79 Å². The van der Waals surface area contributed by atoms with Gasteiger partial charge in [0.05, 0.1) is 19.1 Å². The van der Waals surface area contributed by atoms with Crippen LogP contribution in [0.2, 0.25) is 0 Å². The minimum atomic E-state index is -3.58. The van der Waals surface area contributed by atoms with Crippen molar-refractivity contribution in [1.29, 1.82) is 0 Å². The van der Waals surface area contributed by atoms with Gasteiger partial charge in [0.25, 0.3) is 0 Å². The lowest BCUT2D eigenvalue weighted by atomic mass is 10.2. The van der Waals surface area contributed by atoms with Crippen LogP contribution in [-0.4, -0.2) is 45.9 Å². The molecule has 0 atom stereocenters. The number of piperidine rings is 1. The Morgan fingerprint density at radius 1 is 1.00 bits per heavy atom. The van der Waals surface area contributed by atoms with Crippen LogP contribution in [0.5, 0.6) is 11.5 Å². The highest BCUT2D eigenvalue weighted by Crippen LogP contribution is 2.28. The molecule has 0 saturated carbocycles. The topological polar surface area (TPSA) is 84.9 Å². The molecular formula is C23H28N2O5S. The molecule has 3 rings (SSSR count). The molecule has 2 aromatic carbocycles. The van der Waals surface area contributed by atoms with E-state index in [2.05, 4.69) is 5.32 Å². The van der Waals surface area contributed by atoms with Gasteiger partial charge in [-0.15, -0.1) is 0 Å². The van der Waals surface area contributed by atoms with Crippen molar-refractivity contribution in [2.75, 3.05) is 32.6 Å². The van der Waals surface area contributed by atoms with Crippen LogP contribution in [0.4, 0.5) is 5.69 Å². The average molecular weight is 445 g/mol. The minimum Gasteiger partial charge on any atom is -0.493 e. The smallest absolute Gasteiger partial charge is 0.248 e. The fourth-order valence-corrected chi connectivity index (χ4v) is 5.28. The normalized spacial score (nSPS) is 15.1. The Balaban J connectivity index is 1.75. The van der Waals surface area contributed by atoms with Crippen molar-refractivity contribution >= 4 is 27.7 Å². The fourth-order valence-electron chi connectivity index (χ4n) is 3.51. The molecule has 0 unspecified atom stereocenters. The number of carbonyl (C=O) groups is 1. The number of ether oxygens (including phenoxy) is 2. The number of anilines is 1. The van der Waals surface area contributed by atoms with Crippen molar-refractivity contribution < 1.29 is 22.7 Å². The van der Waals surface area contributed by atoms with Gasteiger partial charge in [-0.2, -0.15) is 4.31 Å². The Bertz CT molecular complexity index is 1070. The second-order valence-corrected chi connectivity index (χ2v) is 9.29. The lowest BCUT2D eigenvalue weighted by Crippen LogP contribution is -2.36. The first kappa shape index (κ1) is 22.8. The average Bonchev–Trinajstić information content (AvgIpc) is 2.79. The highest BCUT2D eigenvalue weighted by atomic mass is 32.2. The van der Waals surface area contributed by atoms with Crippen LogP contribution in [-0.2, 0) is 14.8 Å². The maximum atomic E-state index is 13.0. The summed E-state index contributed by atoms with van der Waals surface area (Å²) in [4.78, 5) is 12.6. The van der Waals surface area contributed by atoms with E-state index in [0.717, 1.165) is 24.8 Å². The molecule has 1 aliphatic rings. The lowest BCUT2D eigenvalue weighted by Gasteiger charge is -2.26. The lowest BCUT2D eigenvalue weighted by molar-refractivity contribution is -0.111. The van der Waals surface area contributed by atoms with E-state index in [9.17, 15) is 13.2 Å². The standard InChI is InChI=1S/C23H28N2O5S/c1-17-7-10-19(16-22(17)31(27,28)25-13-5-4-6-14-25)24-23(26)12-9-18-8-11-20(29-2)21(15-18)30-3/h7-12,15-16H,4-6,13-14H2,1-3H3,(H,24,26)/b12-9+. The van der Waals surface area contributed by atoms with E-state index in [1.807, 2.05) is 0 Å². The summed E-state index contributed by atoms with van der Waals surface area (Å²) < 4.78 is 38.1. The third-order valence-electron chi connectivity index (χ3n) is 5.22. The second-order valence-electron chi connectivity index (χ2n) is 7.38. The Morgan fingerprint density at radius 2 is 1.71 bits per heavy atom. The maximum absolute atomic E-state index is 13.0. The van der Waals surface area contributed by atoms with E-state index in [0.29, 0.717) is 35.8 Å². The molecule has 7 nitrogen and oxygen atoms in total. The zero-order valence-corrected chi connectivity index (χ0v) is 18.9. The van der Waals surface area contributed by atoms with Gasteiger partial charge in [-0.1, -0.05) is 18.6 Å². The Hall–Kier alpha value is -2.84. The first-order valence-electron chi connectivity index (χ1n) is 10.2. The molecular weight excluding hydrogens is 416 g/mol. The molecule has 1 fully saturated rings.